The number of amides is 2. The molecule has 5 rings (SSSR count). The molecule has 0 bridgehead atoms. The summed E-state index contributed by atoms with van der Waals surface area (Å²) in [6.45, 7) is 6.31. The number of nitrogens with one attached hydrogen (secondary N) is 2. The second-order valence-corrected chi connectivity index (χ2v) is 12.3. The van der Waals surface area contributed by atoms with Gasteiger partial charge in [0.05, 0.1) is 11.4 Å². The van der Waals surface area contributed by atoms with Gasteiger partial charge < -0.3 is 20.4 Å². The van der Waals surface area contributed by atoms with Crippen molar-refractivity contribution in [3.05, 3.63) is 92.4 Å². The Morgan fingerprint density at radius 2 is 1.52 bits per heavy atom. The van der Waals surface area contributed by atoms with Crippen LogP contribution in [-0.4, -0.2) is 80.5 Å². The Bertz CT molecular complexity index is 1420. The van der Waals surface area contributed by atoms with Gasteiger partial charge in [-0.2, -0.15) is 0 Å². The molecule has 0 saturated carbocycles. The normalized spacial score (nSPS) is 16.8. The monoisotopic (exact) mass is 627 g/mol. The summed E-state index contributed by atoms with van der Waals surface area (Å²) in [5.41, 5.74) is 3.33. The van der Waals surface area contributed by atoms with Crippen LogP contribution in [0.2, 0.25) is 15.1 Å². The smallest absolute Gasteiger partial charge is 0.255 e. The lowest BCUT2D eigenvalue weighted by molar-refractivity contribution is 0.0952. The van der Waals surface area contributed by atoms with Crippen LogP contribution in [0.15, 0.2) is 60.7 Å². The number of halogens is 3. The Morgan fingerprint density at radius 1 is 0.810 bits per heavy atom. The van der Waals surface area contributed by atoms with Crippen molar-refractivity contribution in [3.8, 4) is 0 Å². The third-order valence-electron chi connectivity index (χ3n) is 8.15. The molecule has 0 aromatic heterocycles. The molecule has 0 atom stereocenters. The third-order valence-corrected chi connectivity index (χ3v) is 8.97. The minimum atomic E-state index is -0.279. The highest BCUT2D eigenvalue weighted by molar-refractivity contribution is 6.35. The summed E-state index contributed by atoms with van der Waals surface area (Å²) < 4.78 is 0. The van der Waals surface area contributed by atoms with Gasteiger partial charge in [0.1, 0.15) is 0 Å². The summed E-state index contributed by atoms with van der Waals surface area (Å²) >= 11 is 18.4. The van der Waals surface area contributed by atoms with E-state index >= 15 is 0 Å². The highest BCUT2D eigenvalue weighted by atomic mass is 35.5. The number of piperazine rings is 1. The van der Waals surface area contributed by atoms with Crippen LogP contribution >= 0.6 is 34.8 Å². The van der Waals surface area contributed by atoms with Crippen molar-refractivity contribution in [2.24, 2.45) is 0 Å². The van der Waals surface area contributed by atoms with E-state index in [1.807, 2.05) is 18.2 Å². The SMILES string of the molecule is CN1CCC(N2CCN(c3ccc(C(=O)NCCc4ccc(Cl)cc4Cl)cc3NC(=O)c3cccc(Cl)c3)CC2)CC1. The lowest BCUT2D eigenvalue weighted by Gasteiger charge is -2.43. The zero-order valence-electron chi connectivity index (χ0n) is 23.7. The molecule has 2 heterocycles. The Kier molecular flexibility index (Phi) is 10.3. The number of rotatable bonds is 8. The lowest BCUT2D eigenvalue weighted by atomic mass is 10.0. The van der Waals surface area contributed by atoms with E-state index in [-0.39, 0.29) is 11.8 Å². The molecule has 2 aliphatic rings. The number of benzene rings is 3. The van der Waals surface area contributed by atoms with Crippen LogP contribution in [0.25, 0.3) is 0 Å². The van der Waals surface area contributed by atoms with E-state index in [4.69, 9.17) is 34.8 Å². The fraction of sp³-hybridized carbons (Fsp3) is 0.375. The van der Waals surface area contributed by atoms with E-state index in [9.17, 15) is 9.59 Å². The number of carbonyl (C=O) groups is 2. The molecule has 0 aliphatic carbocycles. The summed E-state index contributed by atoms with van der Waals surface area (Å²) in [5, 5.41) is 7.65. The molecule has 2 aliphatic heterocycles. The van der Waals surface area contributed by atoms with Gasteiger partial charge in [-0.1, -0.05) is 46.9 Å². The molecule has 10 heteroatoms. The first-order valence-corrected chi connectivity index (χ1v) is 15.5. The van der Waals surface area contributed by atoms with Gasteiger partial charge in [0.25, 0.3) is 11.8 Å². The summed E-state index contributed by atoms with van der Waals surface area (Å²) in [4.78, 5) is 33.7. The predicted molar refractivity (Wildman–Crippen MR) is 173 cm³/mol. The van der Waals surface area contributed by atoms with Crippen molar-refractivity contribution < 1.29 is 9.59 Å². The van der Waals surface area contributed by atoms with Crippen LogP contribution in [0, 0.1) is 0 Å². The first kappa shape index (κ1) is 30.6. The zero-order valence-corrected chi connectivity index (χ0v) is 26.0. The molecule has 2 amide bonds. The number of carbonyl (C=O) groups excluding carboxylic acids is 2. The second-order valence-electron chi connectivity index (χ2n) is 11.0. The first-order chi connectivity index (χ1) is 20.3. The maximum Gasteiger partial charge on any atom is 0.255 e. The maximum atomic E-state index is 13.2. The zero-order chi connectivity index (χ0) is 29.6. The van der Waals surface area contributed by atoms with Gasteiger partial charge in [-0.15, -0.1) is 0 Å². The molecule has 0 radical (unpaired) electrons. The fourth-order valence-corrected chi connectivity index (χ4v) is 6.40. The minimum Gasteiger partial charge on any atom is -0.367 e. The van der Waals surface area contributed by atoms with E-state index in [0.717, 1.165) is 50.5 Å². The lowest BCUT2D eigenvalue weighted by Crippen LogP contribution is -2.53. The van der Waals surface area contributed by atoms with E-state index in [0.29, 0.717) is 50.9 Å². The van der Waals surface area contributed by atoms with Crippen molar-refractivity contribution in [3.63, 3.8) is 0 Å². The van der Waals surface area contributed by atoms with Gasteiger partial charge in [0.15, 0.2) is 0 Å². The van der Waals surface area contributed by atoms with E-state index in [1.165, 1.54) is 12.8 Å². The molecule has 42 heavy (non-hydrogen) atoms. The number of anilines is 2. The maximum absolute atomic E-state index is 13.2. The number of hydrogen-bond acceptors (Lipinski definition) is 5. The summed E-state index contributed by atoms with van der Waals surface area (Å²) in [7, 11) is 2.19. The first-order valence-electron chi connectivity index (χ1n) is 14.4. The molecule has 7 nitrogen and oxygen atoms in total. The highest BCUT2D eigenvalue weighted by Gasteiger charge is 2.28. The van der Waals surface area contributed by atoms with Gasteiger partial charge >= 0.3 is 0 Å². The third kappa shape index (κ3) is 7.77. The summed E-state index contributed by atoms with van der Waals surface area (Å²) in [6, 6.07) is 18.3. The van der Waals surface area contributed by atoms with Crippen molar-refractivity contribution in [2.45, 2.75) is 25.3 Å². The Hall–Kier alpha value is -2.81. The summed E-state index contributed by atoms with van der Waals surface area (Å²) in [5.74, 6) is -0.504. The number of piperidine rings is 1. The van der Waals surface area contributed by atoms with E-state index in [1.54, 1.807) is 42.5 Å². The van der Waals surface area contributed by atoms with Crippen LogP contribution in [-0.2, 0) is 6.42 Å². The number of nitrogens with zero attached hydrogens (tertiary/aromatic N) is 3. The predicted octanol–water partition coefficient (Wildman–Crippen LogP) is 6.09. The Balaban J connectivity index is 1.29. The Labute approximate surface area is 262 Å². The molecular formula is C32H36Cl3N5O2. The van der Waals surface area contributed by atoms with E-state index < -0.39 is 0 Å². The van der Waals surface area contributed by atoms with Crippen molar-refractivity contribution in [2.75, 3.05) is 63.1 Å². The molecule has 3 aromatic carbocycles. The second kappa shape index (κ2) is 14.1. The molecule has 2 saturated heterocycles. The van der Waals surface area contributed by atoms with Crippen LogP contribution in [0.5, 0.6) is 0 Å². The number of hydrogen-bond donors (Lipinski definition) is 2. The fourth-order valence-electron chi connectivity index (χ4n) is 5.70. The van der Waals surface area contributed by atoms with Crippen LogP contribution < -0.4 is 15.5 Å². The summed E-state index contributed by atoms with van der Waals surface area (Å²) in [6.07, 6.45) is 2.97. The molecule has 0 unspecified atom stereocenters. The molecule has 0 spiro atoms. The van der Waals surface area contributed by atoms with Gasteiger partial charge in [0, 0.05) is 65.0 Å². The van der Waals surface area contributed by atoms with Crippen LogP contribution in [0.4, 0.5) is 11.4 Å². The standard InChI is InChI=1S/C32H36Cl3N5O2/c1-38-13-10-27(11-14-38)39-15-17-40(18-16-39)30-8-6-24(20-29(30)37-32(42)23-3-2-4-25(33)19-23)31(41)36-12-9-22-5-7-26(34)21-28(22)35/h2-8,19-21,27H,9-18H2,1H3,(H,36,41)(H,37,42). The van der Waals surface area contributed by atoms with Crippen molar-refractivity contribution >= 4 is 58.0 Å². The largest absolute Gasteiger partial charge is 0.367 e. The molecule has 2 N–H and O–H groups in total. The highest BCUT2D eigenvalue weighted by Crippen LogP contribution is 2.30. The van der Waals surface area contributed by atoms with Crippen molar-refractivity contribution in [1.82, 2.24) is 15.1 Å². The van der Waals surface area contributed by atoms with Gasteiger partial charge in [-0.05, 0) is 93.5 Å². The molecule has 222 valence electrons. The molecular weight excluding hydrogens is 593 g/mol. The van der Waals surface area contributed by atoms with Gasteiger partial charge in [0.2, 0.25) is 0 Å². The Morgan fingerprint density at radius 3 is 2.24 bits per heavy atom. The quantitative estimate of drug-likeness (QED) is 0.316. The molecule has 3 aromatic rings. The average Bonchev–Trinajstić information content (AvgIpc) is 2.99. The van der Waals surface area contributed by atoms with Gasteiger partial charge in [-0.25, -0.2) is 0 Å². The average molecular weight is 629 g/mol. The number of likely N-dealkylation sites (tertiary alicyclic amines) is 1. The topological polar surface area (TPSA) is 67.9 Å². The van der Waals surface area contributed by atoms with Crippen LogP contribution in [0.3, 0.4) is 0 Å². The van der Waals surface area contributed by atoms with Gasteiger partial charge in [-0.3, -0.25) is 14.5 Å². The minimum absolute atomic E-state index is 0.225. The van der Waals surface area contributed by atoms with Crippen molar-refractivity contribution in [1.29, 1.82) is 0 Å². The van der Waals surface area contributed by atoms with Crippen LogP contribution in [0.1, 0.15) is 39.1 Å². The molecule has 2 fully saturated rings. The van der Waals surface area contributed by atoms with E-state index in [2.05, 4.69) is 32.4 Å².